The van der Waals surface area contributed by atoms with Gasteiger partial charge in [-0.2, -0.15) is 0 Å². The highest BCUT2D eigenvalue weighted by atomic mass is 16.2. The van der Waals surface area contributed by atoms with Crippen molar-refractivity contribution in [1.29, 1.82) is 0 Å². The van der Waals surface area contributed by atoms with E-state index in [2.05, 4.69) is 87.7 Å². The molecule has 1 aliphatic heterocycles. The van der Waals surface area contributed by atoms with Gasteiger partial charge in [-0.15, -0.1) is 0 Å². The predicted octanol–water partition coefficient (Wildman–Crippen LogP) is 6.15. The molecule has 4 aromatic rings. The number of nitrogens with zero attached hydrogens (tertiary/aromatic N) is 3. The number of imidazole rings is 1. The number of hydrogen-bond donors (Lipinski definition) is 0. The normalized spacial score (nSPS) is 16.2. The molecular weight excluding hydrogens is 406 g/mol. The molecule has 0 saturated carbocycles. The highest BCUT2D eigenvalue weighted by Crippen LogP contribution is 2.35. The maximum Gasteiger partial charge on any atom is 0.227 e. The van der Waals surface area contributed by atoms with Gasteiger partial charge in [0.15, 0.2) is 0 Å². The maximum absolute atomic E-state index is 13.1. The zero-order valence-corrected chi connectivity index (χ0v) is 20.1. The number of anilines is 1. The van der Waals surface area contributed by atoms with E-state index in [0.717, 1.165) is 34.7 Å². The average Bonchev–Trinajstić information content (AvgIpc) is 3.31. The second kappa shape index (κ2) is 8.18. The number of rotatable bonds is 4. The SMILES string of the molecule is Cc1ccc(N2CC(c3nc4ccccc4n3Cc3c(C)cc(C)cc3C)CC2=O)c(C)c1. The first kappa shape index (κ1) is 21.4. The lowest BCUT2D eigenvalue weighted by Crippen LogP contribution is -2.25. The van der Waals surface area contributed by atoms with Gasteiger partial charge in [-0.3, -0.25) is 4.79 Å². The van der Waals surface area contributed by atoms with Crippen molar-refractivity contribution in [3.8, 4) is 0 Å². The van der Waals surface area contributed by atoms with Crippen LogP contribution in [-0.4, -0.2) is 22.0 Å². The van der Waals surface area contributed by atoms with Crippen molar-refractivity contribution in [3.05, 3.63) is 93.8 Å². The molecule has 0 N–H and O–H groups in total. The Hall–Kier alpha value is -3.40. The van der Waals surface area contributed by atoms with Crippen molar-refractivity contribution in [3.63, 3.8) is 0 Å². The minimum absolute atomic E-state index is 0.0664. The van der Waals surface area contributed by atoms with Crippen LogP contribution in [0.5, 0.6) is 0 Å². The Bertz CT molecular complexity index is 1360. The van der Waals surface area contributed by atoms with Crippen molar-refractivity contribution in [2.75, 3.05) is 11.4 Å². The van der Waals surface area contributed by atoms with Crippen molar-refractivity contribution in [2.24, 2.45) is 0 Å². The quantitative estimate of drug-likeness (QED) is 0.384. The van der Waals surface area contributed by atoms with Crippen molar-refractivity contribution in [2.45, 2.75) is 53.5 Å². The van der Waals surface area contributed by atoms with E-state index in [9.17, 15) is 4.79 Å². The van der Waals surface area contributed by atoms with Crippen LogP contribution in [0, 0.1) is 34.6 Å². The van der Waals surface area contributed by atoms with Gasteiger partial charge in [0, 0.05) is 31.1 Å². The number of para-hydroxylation sites is 2. The van der Waals surface area contributed by atoms with Gasteiger partial charge in [0.1, 0.15) is 5.82 Å². The van der Waals surface area contributed by atoms with Crippen molar-refractivity contribution < 1.29 is 4.79 Å². The third-order valence-electron chi connectivity index (χ3n) is 6.97. The van der Waals surface area contributed by atoms with E-state index in [1.807, 2.05) is 11.0 Å². The number of benzene rings is 3. The summed E-state index contributed by atoms with van der Waals surface area (Å²) in [5.41, 5.74) is 10.7. The van der Waals surface area contributed by atoms with Crippen LogP contribution in [0.15, 0.2) is 54.6 Å². The van der Waals surface area contributed by atoms with Gasteiger partial charge in [0.25, 0.3) is 0 Å². The minimum atomic E-state index is 0.0664. The molecule has 1 unspecified atom stereocenters. The summed E-state index contributed by atoms with van der Waals surface area (Å²) >= 11 is 0. The summed E-state index contributed by atoms with van der Waals surface area (Å²) in [6.07, 6.45) is 0.489. The van der Waals surface area contributed by atoms with Crippen LogP contribution in [0.1, 0.15) is 51.5 Å². The highest BCUT2D eigenvalue weighted by Gasteiger charge is 2.35. The van der Waals surface area contributed by atoms with E-state index in [1.54, 1.807) is 0 Å². The van der Waals surface area contributed by atoms with Crippen molar-refractivity contribution in [1.82, 2.24) is 9.55 Å². The molecule has 5 rings (SSSR count). The van der Waals surface area contributed by atoms with Gasteiger partial charge >= 0.3 is 0 Å². The fraction of sp³-hybridized carbons (Fsp3) is 0.310. The van der Waals surface area contributed by atoms with Gasteiger partial charge < -0.3 is 9.47 Å². The van der Waals surface area contributed by atoms with E-state index >= 15 is 0 Å². The molecule has 4 nitrogen and oxygen atoms in total. The molecule has 0 spiro atoms. The molecule has 1 atom stereocenters. The molecule has 4 heteroatoms. The van der Waals surface area contributed by atoms with Gasteiger partial charge in [-0.05, 0) is 75.1 Å². The number of hydrogen-bond acceptors (Lipinski definition) is 2. The van der Waals surface area contributed by atoms with Crippen LogP contribution in [0.4, 0.5) is 5.69 Å². The molecule has 1 amide bonds. The van der Waals surface area contributed by atoms with E-state index in [4.69, 9.17) is 4.98 Å². The first-order valence-corrected chi connectivity index (χ1v) is 11.7. The number of carbonyl (C=O) groups excluding carboxylic acids is 1. The molecule has 1 aromatic heterocycles. The summed E-state index contributed by atoms with van der Waals surface area (Å²) in [6.45, 7) is 12.1. The lowest BCUT2D eigenvalue weighted by Gasteiger charge is -2.20. The van der Waals surface area contributed by atoms with E-state index < -0.39 is 0 Å². The lowest BCUT2D eigenvalue weighted by molar-refractivity contribution is -0.117. The largest absolute Gasteiger partial charge is 0.323 e. The molecule has 0 radical (unpaired) electrons. The fourth-order valence-corrected chi connectivity index (χ4v) is 5.41. The first-order valence-electron chi connectivity index (χ1n) is 11.7. The molecule has 168 valence electrons. The number of fused-ring (bicyclic) bond motifs is 1. The van der Waals surface area contributed by atoms with E-state index in [1.165, 1.54) is 27.8 Å². The summed E-state index contributed by atoms with van der Waals surface area (Å²) < 4.78 is 2.34. The van der Waals surface area contributed by atoms with Crippen LogP contribution < -0.4 is 4.90 Å². The number of carbonyl (C=O) groups is 1. The van der Waals surface area contributed by atoms with Crippen LogP contribution >= 0.6 is 0 Å². The summed E-state index contributed by atoms with van der Waals surface area (Å²) in [5, 5.41) is 0. The lowest BCUT2D eigenvalue weighted by atomic mass is 9.99. The topological polar surface area (TPSA) is 38.1 Å². The second-order valence-electron chi connectivity index (χ2n) is 9.62. The Morgan fingerprint density at radius 2 is 1.58 bits per heavy atom. The Morgan fingerprint density at radius 3 is 2.30 bits per heavy atom. The van der Waals surface area contributed by atoms with Crippen LogP contribution in [0.25, 0.3) is 11.0 Å². The van der Waals surface area contributed by atoms with E-state index in [0.29, 0.717) is 13.0 Å². The molecule has 0 aliphatic carbocycles. The molecule has 1 fully saturated rings. The Morgan fingerprint density at radius 1 is 0.879 bits per heavy atom. The number of amides is 1. The predicted molar refractivity (Wildman–Crippen MR) is 135 cm³/mol. The van der Waals surface area contributed by atoms with Crippen molar-refractivity contribution >= 4 is 22.6 Å². The average molecular weight is 438 g/mol. The number of aromatic nitrogens is 2. The maximum atomic E-state index is 13.1. The Balaban J connectivity index is 1.56. The van der Waals surface area contributed by atoms with Crippen LogP contribution in [-0.2, 0) is 11.3 Å². The third-order valence-corrected chi connectivity index (χ3v) is 6.97. The summed E-state index contributed by atoms with van der Waals surface area (Å²) in [5.74, 6) is 1.25. The molecule has 0 bridgehead atoms. The fourth-order valence-electron chi connectivity index (χ4n) is 5.41. The van der Waals surface area contributed by atoms with Gasteiger partial charge in [-0.1, -0.05) is 47.5 Å². The summed E-state index contributed by atoms with van der Waals surface area (Å²) in [7, 11) is 0. The molecule has 2 heterocycles. The Kier molecular flexibility index (Phi) is 5.32. The molecule has 3 aromatic carbocycles. The first-order chi connectivity index (χ1) is 15.8. The summed E-state index contributed by atoms with van der Waals surface area (Å²) in [4.78, 5) is 20.1. The standard InChI is InChI=1S/C29H31N3O/c1-18-10-11-26(22(5)12-18)31-16-23(15-28(31)33)29-30-25-8-6-7-9-27(25)32(29)17-24-20(3)13-19(2)14-21(24)4/h6-14,23H,15-17H2,1-5H3. The molecule has 1 aliphatic rings. The van der Waals surface area contributed by atoms with Gasteiger partial charge in [0.05, 0.1) is 11.0 Å². The zero-order chi connectivity index (χ0) is 23.3. The second-order valence-corrected chi connectivity index (χ2v) is 9.62. The van der Waals surface area contributed by atoms with Gasteiger partial charge in [-0.25, -0.2) is 4.98 Å². The number of aryl methyl sites for hydroxylation is 5. The molecular formula is C29H31N3O. The monoisotopic (exact) mass is 437 g/mol. The Labute approximate surface area is 195 Å². The summed E-state index contributed by atoms with van der Waals surface area (Å²) in [6, 6.07) is 19.1. The van der Waals surface area contributed by atoms with E-state index in [-0.39, 0.29) is 11.8 Å². The molecule has 33 heavy (non-hydrogen) atoms. The van der Waals surface area contributed by atoms with Crippen LogP contribution in [0.3, 0.4) is 0 Å². The third kappa shape index (κ3) is 3.84. The smallest absolute Gasteiger partial charge is 0.227 e. The van der Waals surface area contributed by atoms with Crippen LogP contribution in [0.2, 0.25) is 0 Å². The van der Waals surface area contributed by atoms with Gasteiger partial charge in [0.2, 0.25) is 5.91 Å². The minimum Gasteiger partial charge on any atom is -0.323 e. The zero-order valence-electron chi connectivity index (χ0n) is 20.1. The molecule has 1 saturated heterocycles. The highest BCUT2D eigenvalue weighted by molar-refractivity contribution is 5.97.